The van der Waals surface area contributed by atoms with Crippen LogP contribution in [-0.4, -0.2) is 46.6 Å². The first kappa shape index (κ1) is 49.1. The van der Waals surface area contributed by atoms with Crippen LogP contribution in [0, 0.1) is 0 Å². The lowest BCUT2D eigenvalue weighted by molar-refractivity contribution is -0.123. The summed E-state index contributed by atoms with van der Waals surface area (Å²) < 4.78 is 0. The van der Waals surface area contributed by atoms with Gasteiger partial charge in [-0.15, -0.1) is 0 Å². The summed E-state index contributed by atoms with van der Waals surface area (Å²) in [5.74, 6) is -0.0644. The summed E-state index contributed by atoms with van der Waals surface area (Å²) in [6.07, 6.45) is 50.5. The van der Waals surface area contributed by atoms with Gasteiger partial charge < -0.3 is 20.6 Å². The molecule has 2 unspecified atom stereocenters. The molecule has 0 aromatic rings. The van der Waals surface area contributed by atoms with Crippen LogP contribution in [0.15, 0.2) is 12.2 Å². The van der Waals surface area contributed by atoms with Crippen LogP contribution in [0.4, 0.5) is 0 Å². The van der Waals surface area contributed by atoms with Gasteiger partial charge in [0.25, 0.3) is 0 Å². The number of carbonyl (C=O) groups excluding carboxylic acids is 1. The van der Waals surface area contributed by atoms with Crippen molar-refractivity contribution in [2.24, 2.45) is 0 Å². The second-order valence-electron chi connectivity index (χ2n) is 15.6. The molecule has 0 rings (SSSR count). The molecule has 0 aromatic carbocycles. The molecule has 0 aliphatic carbocycles. The van der Waals surface area contributed by atoms with Crippen molar-refractivity contribution < 1.29 is 20.1 Å². The minimum absolute atomic E-state index is 0.0644. The number of unbranched alkanes of at least 4 members (excludes halogenated alkanes) is 34. The minimum Gasteiger partial charge on any atom is -0.396 e. The highest BCUT2D eigenvalue weighted by atomic mass is 16.3. The Morgan fingerprint density at radius 1 is 0.480 bits per heavy atom. The quantitative estimate of drug-likeness (QED) is 0.0375. The molecule has 0 radical (unpaired) electrons. The molecule has 5 nitrogen and oxygen atoms in total. The van der Waals surface area contributed by atoms with Gasteiger partial charge in [-0.1, -0.05) is 225 Å². The van der Waals surface area contributed by atoms with E-state index in [1.807, 2.05) is 6.08 Å². The monoisotopic (exact) mass is 708 g/mol. The Labute approximate surface area is 312 Å². The predicted molar refractivity (Wildman–Crippen MR) is 218 cm³/mol. The van der Waals surface area contributed by atoms with Crippen molar-refractivity contribution in [1.82, 2.24) is 5.32 Å². The van der Waals surface area contributed by atoms with Gasteiger partial charge in [0.05, 0.1) is 18.8 Å². The summed E-state index contributed by atoms with van der Waals surface area (Å²) in [5.41, 5.74) is 0. The minimum atomic E-state index is -0.836. The second-order valence-corrected chi connectivity index (χ2v) is 15.6. The molecular formula is C45H89NO4. The number of allylic oxidation sites excluding steroid dienone is 1. The number of aliphatic hydroxyl groups is 3. The molecule has 5 heteroatoms. The van der Waals surface area contributed by atoms with E-state index in [1.165, 1.54) is 199 Å². The van der Waals surface area contributed by atoms with E-state index >= 15 is 0 Å². The van der Waals surface area contributed by atoms with Gasteiger partial charge in [0.1, 0.15) is 0 Å². The van der Waals surface area contributed by atoms with E-state index in [4.69, 9.17) is 5.11 Å². The smallest absolute Gasteiger partial charge is 0.220 e. The Morgan fingerprint density at radius 2 is 0.800 bits per heavy atom. The number of carbonyl (C=O) groups is 1. The van der Waals surface area contributed by atoms with Gasteiger partial charge in [-0.2, -0.15) is 0 Å². The van der Waals surface area contributed by atoms with E-state index in [0.29, 0.717) is 13.0 Å². The van der Waals surface area contributed by atoms with E-state index in [1.54, 1.807) is 6.08 Å². The molecule has 0 aromatic heterocycles. The Bertz CT molecular complexity index is 684. The van der Waals surface area contributed by atoms with Crippen LogP contribution in [0.1, 0.15) is 244 Å². The molecule has 4 N–H and O–H groups in total. The Hall–Kier alpha value is -0.910. The number of nitrogens with one attached hydrogen (secondary N) is 1. The molecule has 0 bridgehead atoms. The van der Waals surface area contributed by atoms with Gasteiger partial charge >= 0.3 is 0 Å². The first-order valence-corrected chi connectivity index (χ1v) is 22.5. The van der Waals surface area contributed by atoms with Crippen LogP contribution in [0.2, 0.25) is 0 Å². The summed E-state index contributed by atoms with van der Waals surface area (Å²) in [7, 11) is 0. The molecule has 0 aliphatic heterocycles. The average molecular weight is 708 g/mol. The standard InChI is InChI=1S/C45H89NO4/c1-2-3-4-5-6-7-8-24-27-30-33-36-39-44(49)43(42-48)46-45(50)40-37-34-31-28-25-22-20-18-16-14-12-10-9-11-13-15-17-19-21-23-26-29-32-35-38-41-47/h36,39,43-44,47-49H,2-35,37-38,40-42H2,1H3,(H,46,50). The van der Waals surface area contributed by atoms with Crippen molar-refractivity contribution in [3.8, 4) is 0 Å². The van der Waals surface area contributed by atoms with Crippen molar-refractivity contribution in [3.63, 3.8) is 0 Å². The third-order valence-corrected chi connectivity index (χ3v) is 10.6. The van der Waals surface area contributed by atoms with Gasteiger partial charge in [-0.25, -0.2) is 0 Å². The van der Waals surface area contributed by atoms with Crippen LogP contribution in [0.3, 0.4) is 0 Å². The third-order valence-electron chi connectivity index (χ3n) is 10.6. The highest BCUT2D eigenvalue weighted by molar-refractivity contribution is 5.76. The zero-order valence-electron chi connectivity index (χ0n) is 33.6. The van der Waals surface area contributed by atoms with Gasteiger partial charge in [0, 0.05) is 13.0 Å². The van der Waals surface area contributed by atoms with E-state index in [0.717, 1.165) is 32.1 Å². The van der Waals surface area contributed by atoms with E-state index in [-0.39, 0.29) is 12.5 Å². The van der Waals surface area contributed by atoms with Crippen molar-refractivity contribution in [1.29, 1.82) is 0 Å². The molecule has 50 heavy (non-hydrogen) atoms. The summed E-state index contributed by atoms with van der Waals surface area (Å²) in [6.45, 7) is 2.37. The van der Waals surface area contributed by atoms with Gasteiger partial charge in [-0.05, 0) is 25.7 Å². The molecule has 2 atom stereocenters. The van der Waals surface area contributed by atoms with Crippen LogP contribution in [0.5, 0.6) is 0 Å². The highest BCUT2D eigenvalue weighted by Crippen LogP contribution is 2.16. The maximum atomic E-state index is 12.4. The summed E-state index contributed by atoms with van der Waals surface area (Å²) in [5, 5.41) is 31.8. The molecule has 0 spiro atoms. The molecule has 298 valence electrons. The van der Waals surface area contributed by atoms with Crippen molar-refractivity contribution in [3.05, 3.63) is 12.2 Å². The van der Waals surface area contributed by atoms with Crippen molar-refractivity contribution >= 4 is 5.91 Å². The number of amides is 1. The van der Waals surface area contributed by atoms with Gasteiger partial charge in [-0.3, -0.25) is 4.79 Å². The maximum absolute atomic E-state index is 12.4. The second kappa shape index (κ2) is 42.5. The average Bonchev–Trinajstić information content (AvgIpc) is 3.12. The fourth-order valence-electron chi connectivity index (χ4n) is 7.10. The summed E-state index contributed by atoms with van der Waals surface area (Å²) >= 11 is 0. The molecular weight excluding hydrogens is 618 g/mol. The summed E-state index contributed by atoms with van der Waals surface area (Å²) in [4.78, 5) is 12.4. The number of aliphatic hydroxyl groups excluding tert-OH is 3. The molecule has 0 saturated carbocycles. The highest BCUT2D eigenvalue weighted by Gasteiger charge is 2.17. The molecule has 0 heterocycles. The maximum Gasteiger partial charge on any atom is 0.220 e. The Balaban J connectivity index is 3.44. The molecule has 0 fully saturated rings. The van der Waals surface area contributed by atoms with Gasteiger partial charge in [0.2, 0.25) is 5.91 Å². The number of hydrogen-bond donors (Lipinski definition) is 4. The zero-order valence-corrected chi connectivity index (χ0v) is 33.6. The largest absolute Gasteiger partial charge is 0.396 e. The Morgan fingerprint density at radius 3 is 1.14 bits per heavy atom. The topological polar surface area (TPSA) is 89.8 Å². The first-order chi connectivity index (χ1) is 24.7. The lowest BCUT2D eigenvalue weighted by atomic mass is 10.0. The van der Waals surface area contributed by atoms with Crippen molar-refractivity contribution in [2.75, 3.05) is 13.2 Å². The number of rotatable bonds is 42. The molecule has 0 aliphatic rings. The third kappa shape index (κ3) is 38.3. The SMILES string of the molecule is CCCCCCCCCCCCC=CC(O)C(CO)NC(=O)CCCCCCCCCCCCCCCCCCCCCCCCCCCO. The number of hydrogen-bond acceptors (Lipinski definition) is 4. The predicted octanol–water partition coefficient (Wildman–Crippen LogP) is 12.8. The molecule has 1 amide bonds. The lowest BCUT2D eigenvalue weighted by Crippen LogP contribution is -2.45. The fourth-order valence-corrected chi connectivity index (χ4v) is 7.10. The summed E-state index contributed by atoms with van der Waals surface area (Å²) in [6, 6.07) is -0.619. The van der Waals surface area contributed by atoms with Gasteiger partial charge in [0.15, 0.2) is 0 Å². The van der Waals surface area contributed by atoms with Crippen molar-refractivity contribution in [2.45, 2.75) is 257 Å². The van der Waals surface area contributed by atoms with E-state index in [2.05, 4.69) is 12.2 Å². The van der Waals surface area contributed by atoms with Crippen LogP contribution in [0.25, 0.3) is 0 Å². The zero-order chi connectivity index (χ0) is 36.4. The van der Waals surface area contributed by atoms with E-state index < -0.39 is 12.1 Å². The van der Waals surface area contributed by atoms with Crippen LogP contribution >= 0.6 is 0 Å². The van der Waals surface area contributed by atoms with Crippen LogP contribution in [-0.2, 0) is 4.79 Å². The normalized spacial score (nSPS) is 13.0. The molecule has 0 saturated heterocycles. The van der Waals surface area contributed by atoms with E-state index in [9.17, 15) is 15.0 Å². The first-order valence-electron chi connectivity index (χ1n) is 22.5. The lowest BCUT2D eigenvalue weighted by Gasteiger charge is -2.20. The Kier molecular flexibility index (Phi) is 41.7. The fraction of sp³-hybridized carbons (Fsp3) is 0.933. The van der Waals surface area contributed by atoms with Crippen LogP contribution < -0.4 is 5.32 Å².